The molecule has 0 fully saturated rings. The molecular formula is C14H10Br2FNO3S. The van der Waals surface area contributed by atoms with Crippen LogP contribution in [0, 0.1) is 12.7 Å². The average Bonchev–Trinajstić information content (AvgIpc) is 2.79. The van der Waals surface area contributed by atoms with E-state index in [1.807, 2.05) is 0 Å². The number of rotatable bonds is 4. The van der Waals surface area contributed by atoms with E-state index in [0.717, 1.165) is 13.8 Å². The monoisotopic (exact) mass is 449 g/mol. The SMILES string of the molecule is Cc1ccc(NC(=O)COC(=O)c2cc(Br)c(Br)s2)c(F)c1. The molecule has 1 aromatic heterocycles. The predicted octanol–water partition coefficient (Wildman–Crippen LogP) is 4.52. The first-order valence-corrected chi connectivity index (χ1v) is 8.45. The predicted molar refractivity (Wildman–Crippen MR) is 89.8 cm³/mol. The lowest BCUT2D eigenvalue weighted by Crippen LogP contribution is -2.21. The van der Waals surface area contributed by atoms with Crippen molar-refractivity contribution in [1.82, 2.24) is 0 Å². The normalized spacial score (nSPS) is 10.4. The lowest BCUT2D eigenvalue weighted by Gasteiger charge is -2.07. The van der Waals surface area contributed by atoms with Crippen LogP contribution in [0.3, 0.4) is 0 Å². The molecule has 2 rings (SSSR count). The number of carbonyl (C=O) groups is 2. The van der Waals surface area contributed by atoms with Crippen LogP contribution >= 0.6 is 43.2 Å². The fourth-order valence-corrected chi connectivity index (χ4v) is 3.49. The van der Waals surface area contributed by atoms with Crippen LogP contribution in [0.15, 0.2) is 32.5 Å². The van der Waals surface area contributed by atoms with Crippen LogP contribution in [0.2, 0.25) is 0 Å². The molecule has 0 spiro atoms. The summed E-state index contributed by atoms with van der Waals surface area (Å²) in [7, 11) is 0. The Morgan fingerprint density at radius 1 is 1.32 bits per heavy atom. The largest absolute Gasteiger partial charge is 0.451 e. The molecule has 1 heterocycles. The summed E-state index contributed by atoms with van der Waals surface area (Å²) < 4.78 is 20.0. The third-order valence-corrected chi connectivity index (χ3v) is 5.82. The standard InChI is InChI=1S/C14H10Br2FNO3S/c1-7-2-3-10(9(17)4-7)18-12(19)6-21-14(20)11-5-8(15)13(16)22-11/h2-5H,6H2,1H3,(H,18,19). The Morgan fingerprint density at radius 2 is 2.05 bits per heavy atom. The van der Waals surface area contributed by atoms with Crippen LogP contribution in [-0.4, -0.2) is 18.5 Å². The van der Waals surface area contributed by atoms with Crippen molar-refractivity contribution in [3.05, 3.63) is 48.8 Å². The average molecular weight is 451 g/mol. The molecule has 8 heteroatoms. The maximum Gasteiger partial charge on any atom is 0.348 e. The summed E-state index contributed by atoms with van der Waals surface area (Å²) in [4.78, 5) is 23.8. The molecule has 1 amide bonds. The number of thiophene rings is 1. The summed E-state index contributed by atoms with van der Waals surface area (Å²) in [5.74, 6) is -1.76. The van der Waals surface area contributed by atoms with Gasteiger partial charge in [-0.1, -0.05) is 6.07 Å². The van der Waals surface area contributed by atoms with Gasteiger partial charge in [0.05, 0.1) is 9.47 Å². The van der Waals surface area contributed by atoms with E-state index in [-0.39, 0.29) is 5.69 Å². The van der Waals surface area contributed by atoms with E-state index in [0.29, 0.717) is 4.88 Å². The molecule has 0 saturated heterocycles. The molecule has 0 aliphatic heterocycles. The van der Waals surface area contributed by atoms with Crippen LogP contribution in [0.25, 0.3) is 0 Å². The van der Waals surface area contributed by atoms with Gasteiger partial charge in [-0.25, -0.2) is 9.18 Å². The number of nitrogens with one attached hydrogen (secondary N) is 1. The van der Waals surface area contributed by atoms with Gasteiger partial charge >= 0.3 is 5.97 Å². The second kappa shape index (κ2) is 7.34. The van der Waals surface area contributed by atoms with Crippen molar-refractivity contribution in [3.8, 4) is 0 Å². The lowest BCUT2D eigenvalue weighted by molar-refractivity contribution is -0.119. The maximum atomic E-state index is 13.6. The first-order chi connectivity index (χ1) is 10.4. The molecule has 0 aliphatic rings. The molecule has 0 radical (unpaired) electrons. The summed E-state index contributed by atoms with van der Waals surface area (Å²) >= 11 is 7.71. The summed E-state index contributed by atoms with van der Waals surface area (Å²) in [6.45, 7) is 1.26. The number of aryl methyl sites for hydroxylation is 1. The molecule has 4 nitrogen and oxygen atoms in total. The molecule has 0 atom stereocenters. The number of hydrogen-bond acceptors (Lipinski definition) is 4. The van der Waals surface area contributed by atoms with Crippen molar-refractivity contribution in [2.24, 2.45) is 0 Å². The number of benzene rings is 1. The quantitative estimate of drug-likeness (QED) is 0.697. The van der Waals surface area contributed by atoms with Crippen LogP contribution < -0.4 is 5.32 Å². The van der Waals surface area contributed by atoms with Gasteiger partial charge in [0, 0.05) is 4.47 Å². The molecule has 2 aromatic rings. The highest BCUT2D eigenvalue weighted by Gasteiger charge is 2.15. The minimum absolute atomic E-state index is 0.0493. The number of ether oxygens (including phenoxy) is 1. The lowest BCUT2D eigenvalue weighted by atomic mass is 10.2. The highest BCUT2D eigenvalue weighted by atomic mass is 79.9. The van der Waals surface area contributed by atoms with Crippen molar-refractivity contribution < 1.29 is 18.7 Å². The Morgan fingerprint density at radius 3 is 2.64 bits per heavy atom. The number of anilines is 1. The Labute approximate surface area is 146 Å². The zero-order valence-electron chi connectivity index (χ0n) is 11.3. The number of amides is 1. The highest BCUT2D eigenvalue weighted by molar-refractivity contribution is 9.13. The summed E-state index contributed by atoms with van der Waals surface area (Å²) in [6.07, 6.45) is 0. The van der Waals surface area contributed by atoms with Crippen LogP contribution in [0.1, 0.15) is 15.2 Å². The summed E-state index contributed by atoms with van der Waals surface area (Å²) in [5.41, 5.74) is 0.795. The van der Waals surface area contributed by atoms with Gasteiger partial charge in [0.25, 0.3) is 5.91 Å². The van der Waals surface area contributed by atoms with Gasteiger partial charge < -0.3 is 10.1 Å². The zero-order chi connectivity index (χ0) is 16.3. The Bertz CT molecular complexity index is 713. The Kier molecular flexibility index (Phi) is 5.71. The minimum Gasteiger partial charge on any atom is -0.451 e. The number of esters is 1. The van der Waals surface area contributed by atoms with Gasteiger partial charge in [-0.3, -0.25) is 4.79 Å². The molecule has 0 bridgehead atoms. The van der Waals surface area contributed by atoms with E-state index >= 15 is 0 Å². The van der Waals surface area contributed by atoms with Crippen LogP contribution in [-0.2, 0) is 9.53 Å². The maximum absolute atomic E-state index is 13.6. The smallest absolute Gasteiger partial charge is 0.348 e. The molecule has 0 aliphatic carbocycles. The number of carbonyl (C=O) groups excluding carboxylic acids is 2. The molecule has 1 N–H and O–H groups in total. The fraction of sp³-hybridized carbons (Fsp3) is 0.143. The topological polar surface area (TPSA) is 55.4 Å². The van der Waals surface area contributed by atoms with E-state index < -0.39 is 24.3 Å². The first-order valence-electron chi connectivity index (χ1n) is 6.05. The zero-order valence-corrected chi connectivity index (χ0v) is 15.3. The highest BCUT2D eigenvalue weighted by Crippen LogP contribution is 2.32. The minimum atomic E-state index is -0.615. The van der Waals surface area contributed by atoms with E-state index in [1.165, 1.54) is 23.5 Å². The van der Waals surface area contributed by atoms with Crippen LogP contribution in [0.4, 0.5) is 10.1 Å². The van der Waals surface area contributed by atoms with E-state index in [2.05, 4.69) is 37.2 Å². The second-order valence-electron chi connectivity index (χ2n) is 4.34. The summed E-state index contributed by atoms with van der Waals surface area (Å²) in [6, 6.07) is 6.03. The Hall–Kier alpha value is -1.25. The van der Waals surface area contributed by atoms with Gasteiger partial charge in [0.15, 0.2) is 6.61 Å². The fourth-order valence-electron chi connectivity index (χ4n) is 1.56. The van der Waals surface area contributed by atoms with Crippen molar-refractivity contribution in [2.75, 3.05) is 11.9 Å². The van der Waals surface area contributed by atoms with E-state index in [4.69, 9.17) is 4.74 Å². The molecule has 116 valence electrons. The van der Waals surface area contributed by atoms with Crippen LogP contribution in [0.5, 0.6) is 0 Å². The van der Waals surface area contributed by atoms with Crippen molar-refractivity contribution in [1.29, 1.82) is 0 Å². The van der Waals surface area contributed by atoms with Gasteiger partial charge in [-0.2, -0.15) is 0 Å². The third-order valence-electron chi connectivity index (χ3n) is 2.58. The van der Waals surface area contributed by atoms with E-state index in [1.54, 1.807) is 19.1 Å². The number of hydrogen-bond donors (Lipinski definition) is 1. The van der Waals surface area contributed by atoms with Crippen molar-refractivity contribution in [3.63, 3.8) is 0 Å². The molecule has 0 unspecified atom stereocenters. The molecule has 0 saturated carbocycles. The first kappa shape index (κ1) is 17.1. The Balaban J connectivity index is 1.91. The van der Waals surface area contributed by atoms with Crippen molar-refractivity contribution in [2.45, 2.75) is 6.92 Å². The molecule has 22 heavy (non-hydrogen) atoms. The van der Waals surface area contributed by atoms with E-state index in [9.17, 15) is 14.0 Å². The second-order valence-corrected chi connectivity index (χ2v) is 7.56. The molecular weight excluding hydrogens is 441 g/mol. The van der Waals surface area contributed by atoms with Gasteiger partial charge in [0.2, 0.25) is 0 Å². The van der Waals surface area contributed by atoms with Gasteiger partial charge in [0.1, 0.15) is 10.7 Å². The van der Waals surface area contributed by atoms with Gasteiger partial charge in [-0.15, -0.1) is 11.3 Å². The summed E-state index contributed by atoms with van der Waals surface area (Å²) in [5, 5.41) is 2.35. The van der Waals surface area contributed by atoms with Crippen molar-refractivity contribution >= 4 is 60.8 Å². The number of halogens is 3. The molecule has 1 aromatic carbocycles. The van der Waals surface area contributed by atoms with Gasteiger partial charge in [-0.05, 0) is 62.5 Å². The third kappa shape index (κ3) is 4.37.